The van der Waals surface area contributed by atoms with Crippen molar-refractivity contribution in [2.75, 3.05) is 11.5 Å². The van der Waals surface area contributed by atoms with Gasteiger partial charge in [0.25, 0.3) is 20.2 Å². The van der Waals surface area contributed by atoms with Crippen molar-refractivity contribution in [3.8, 4) is 0 Å². The Balaban J connectivity index is 0.000000861. The fraction of sp³-hybridized carbons (Fsp3) is 0.562. The van der Waals surface area contributed by atoms with Crippen LogP contribution in [0.3, 0.4) is 0 Å². The molecule has 0 unspecified atom stereocenters. The zero-order chi connectivity index (χ0) is 23.9. The van der Waals surface area contributed by atoms with Crippen molar-refractivity contribution >= 4 is 41.7 Å². The minimum atomic E-state index is -4.92. The Hall–Kier alpha value is -1.62. The lowest BCUT2D eigenvalue weighted by Crippen LogP contribution is -2.32. The van der Waals surface area contributed by atoms with Crippen LogP contribution in [0.4, 0.5) is 0 Å². The molecule has 0 saturated heterocycles. The van der Waals surface area contributed by atoms with Crippen LogP contribution in [-0.2, 0) is 43.7 Å². The molecule has 2 rings (SSSR count). The zero-order valence-electron chi connectivity index (χ0n) is 16.8. The molecule has 0 bridgehead atoms. The van der Waals surface area contributed by atoms with Gasteiger partial charge in [-0.1, -0.05) is 6.07 Å². The number of imidazole rings is 1. The summed E-state index contributed by atoms with van der Waals surface area (Å²) in [6, 6.07) is 6.05. The van der Waals surface area contributed by atoms with Gasteiger partial charge in [0.15, 0.2) is 11.0 Å². The van der Waals surface area contributed by atoms with Gasteiger partial charge in [-0.15, -0.1) is 0 Å². The minimum absolute atomic E-state index is 0.249. The first-order valence-corrected chi connectivity index (χ1v) is 13.7. The Morgan fingerprint density at radius 3 is 1.94 bits per heavy atom. The molecule has 0 aliphatic heterocycles. The fourth-order valence-corrected chi connectivity index (χ4v) is 4.03. The summed E-state index contributed by atoms with van der Waals surface area (Å²) in [5, 5.41) is 0. The second-order valence-corrected chi connectivity index (χ2v) is 10.9. The van der Waals surface area contributed by atoms with E-state index < -0.39 is 30.6 Å². The molecule has 31 heavy (non-hydrogen) atoms. The van der Waals surface area contributed by atoms with Crippen LogP contribution in [0, 0.1) is 6.92 Å². The van der Waals surface area contributed by atoms with Crippen LogP contribution in [0.1, 0.15) is 31.2 Å². The van der Waals surface area contributed by atoms with Crippen LogP contribution in [-0.4, -0.2) is 59.5 Å². The van der Waals surface area contributed by atoms with Crippen LogP contribution < -0.4 is 4.57 Å². The van der Waals surface area contributed by atoms with Crippen molar-refractivity contribution < 1.29 is 48.0 Å². The quantitative estimate of drug-likeness (QED) is 0.179. The molecule has 0 aliphatic rings. The Bertz CT molecular complexity index is 1180. The number of nitrogens with zero attached hydrogens (tertiary/aromatic N) is 2. The highest BCUT2D eigenvalue weighted by atomic mass is 32.3. The van der Waals surface area contributed by atoms with E-state index in [1.54, 1.807) is 0 Å². The molecule has 1 heterocycles. The van der Waals surface area contributed by atoms with Gasteiger partial charge in [0, 0.05) is 0 Å². The highest BCUT2D eigenvalue weighted by molar-refractivity contribution is 7.86. The van der Waals surface area contributed by atoms with Gasteiger partial charge in [0.2, 0.25) is 16.7 Å². The van der Waals surface area contributed by atoms with E-state index in [0.717, 1.165) is 16.6 Å². The van der Waals surface area contributed by atoms with E-state index in [2.05, 4.69) is 0 Å². The van der Waals surface area contributed by atoms with Crippen LogP contribution in [0.15, 0.2) is 24.5 Å². The SMILES string of the molecule is Cc1ccc2c(c1)n(CCCCS(=O)(=O)O)c[n+]2CCCCS(=O)(=O)O.O=S(=O)([O-])O. The predicted octanol–water partition coefficient (Wildman–Crippen LogP) is 0.578. The maximum Gasteiger partial charge on any atom is 0.264 e. The van der Waals surface area contributed by atoms with E-state index in [1.807, 2.05) is 40.6 Å². The number of unbranched alkanes of at least 4 members (excludes halogenated alkanes) is 2. The molecule has 15 heteroatoms. The van der Waals surface area contributed by atoms with Crippen LogP contribution in [0.2, 0.25) is 0 Å². The maximum atomic E-state index is 10.8. The summed E-state index contributed by atoms with van der Waals surface area (Å²) in [4.78, 5) is 0. The summed E-state index contributed by atoms with van der Waals surface area (Å²) in [6.45, 7) is 3.23. The Morgan fingerprint density at radius 1 is 0.903 bits per heavy atom. The zero-order valence-corrected chi connectivity index (χ0v) is 19.2. The third-order valence-electron chi connectivity index (χ3n) is 4.13. The number of benzene rings is 1. The van der Waals surface area contributed by atoms with Crippen molar-refractivity contribution in [1.82, 2.24) is 4.57 Å². The van der Waals surface area contributed by atoms with Crippen molar-refractivity contribution in [1.29, 1.82) is 0 Å². The number of fused-ring (bicyclic) bond motifs is 1. The molecule has 0 atom stereocenters. The number of rotatable bonds is 10. The average Bonchev–Trinajstić information content (AvgIpc) is 2.89. The summed E-state index contributed by atoms with van der Waals surface area (Å²) < 4.78 is 97.7. The lowest BCUT2D eigenvalue weighted by atomic mass is 10.2. The van der Waals surface area contributed by atoms with Gasteiger partial charge in [-0.05, 0) is 50.3 Å². The Morgan fingerprint density at radius 2 is 1.42 bits per heavy atom. The molecule has 1 aromatic carbocycles. The van der Waals surface area contributed by atoms with Crippen molar-refractivity contribution in [3.63, 3.8) is 0 Å². The first kappa shape index (κ1) is 27.4. The lowest BCUT2D eigenvalue weighted by Gasteiger charge is -1.98. The lowest BCUT2D eigenvalue weighted by molar-refractivity contribution is -0.672. The summed E-state index contributed by atoms with van der Waals surface area (Å²) in [7, 11) is -12.8. The van der Waals surface area contributed by atoms with Crippen molar-refractivity contribution in [2.45, 2.75) is 45.7 Å². The summed E-state index contributed by atoms with van der Waals surface area (Å²) in [6.07, 6.45) is 3.91. The number of aromatic nitrogens is 2. The second kappa shape index (κ2) is 11.3. The highest BCUT2D eigenvalue weighted by Crippen LogP contribution is 2.15. The largest absolute Gasteiger partial charge is 0.726 e. The number of hydrogen-bond acceptors (Lipinski definition) is 7. The van der Waals surface area contributed by atoms with Crippen LogP contribution in [0.25, 0.3) is 11.0 Å². The molecule has 0 radical (unpaired) electrons. The van der Waals surface area contributed by atoms with Gasteiger partial charge in [0.05, 0.1) is 24.6 Å². The highest BCUT2D eigenvalue weighted by Gasteiger charge is 2.16. The molecular weight excluding hydrogens is 476 g/mol. The molecule has 0 spiro atoms. The molecule has 1 aromatic heterocycles. The number of aryl methyl sites for hydroxylation is 3. The van der Waals surface area contributed by atoms with Crippen LogP contribution in [0.5, 0.6) is 0 Å². The maximum absolute atomic E-state index is 10.8. The second-order valence-electron chi connectivity index (χ2n) is 6.91. The summed E-state index contributed by atoms with van der Waals surface area (Å²) in [5.41, 5.74) is 3.14. The molecule has 178 valence electrons. The molecule has 0 aliphatic carbocycles. The molecule has 3 N–H and O–H groups in total. The topological polar surface area (TPSA) is 195 Å². The first-order chi connectivity index (χ1) is 14.1. The Labute approximate surface area is 181 Å². The molecule has 0 fully saturated rings. The molecule has 2 aromatic rings. The number of hydrogen-bond donors (Lipinski definition) is 3. The van der Waals surface area contributed by atoms with Crippen LogP contribution >= 0.6 is 0 Å². The standard InChI is InChI=1S/C16H24N2O6S2.H2O4S/c1-14-6-7-15-16(12-14)18(9-3-5-11-26(22,23)24)13-17(15)8-2-4-10-25(19,20)21;1-5(2,3)4/h6-7,12-13H,2-5,8-11H2,1H3,(H-,19,20,21,22,23,24);(H2,1,2,3,4). The first-order valence-electron chi connectivity index (χ1n) is 9.13. The fourth-order valence-electron chi connectivity index (χ4n) is 2.89. The third-order valence-corrected chi connectivity index (χ3v) is 5.74. The van der Waals surface area contributed by atoms with E-state index in [1.165, 1.54) is 0 Å². The minimum Gasteiger partial charge on any atom is -0.726 e. The molecule has 0 saturated carbocycles. The van der Waals surface area contributed by atoms with Gasteiger partial charge >= 0.3 is 0 Å². The molecule has 12 nitrogen and oxygen atoms in total. The van der Waals surface area contributed by atoms with E-state index >= 15 is 0 Å². The summed E-state index contributed by atoms with van der Waals surface area (Å²) in [5.74, 6) is -0.498. The average molecular weight is 503 g/mol. The summed E-state index contributed by atoms with van der Waals surface area (Å²) >= 11 is 0. The van der Waals surface area contributed by atoms with Gasteiger partial charge in [-0.25, -0.2) is 17.6 Å². The normalized spacial score (nSPS) is 12.5. The Kier molecular flexibility index (Phi) is 10.00. The third kappa shape index (κ3) is 12.7. The molecule has 0 amide bonds. The van der Waals surface area contributed by atoms with E-state index in [4.69, 9.17) is 26.6 Å². The van der Waals surface area contributed by atoms with Gasteiger partial charge in [0.1, 0.15) is 0 Å². The van der Waals surface area contributed by atoms with E-state index in [0.29, 0.717) is 38.8 Å². The predicted molar refractivity (Wildman–Crippen MR) is 110 cm³/mol. The van der Waals surface area contributed by atoms with Gasteiger partial charge in [-0.2, -0.15) is 16.8 Å². The van der Waals surface area contributed by atoms with E-state index in [9.17, 15) is 16.8 Å². The van der Waals surface area contributed by atoms with Gasteiger partial charge < -0.3 is 4.55 Å². The smallest absolute Gasteiger partial charge is 0.264 e. The van der Waals surface area contributed by atoms with E-state index in [-0.39, 0.29) is 11.5 Å². The molecular formula is C16H26N2O10S3. The van der Waals surface area contributed by atoms with Crippen molar-refractivity contribution in [2.24, 2.45) is 0 Å². The van der Waals surface area contributed by atoms with Gasteiger partial charge in [-0.3, -0.25) is 13.7 Å². The monoisotopic (exact) mass is 502 g/mol. The van der Waals surface area contributed by atoms with Crippen molar-refractivity contribution in [3.05, 3.63) is 30.1 Å².